The molecule has 1 aromatic heterocycles. The molecular formula is C13H21N3O. The van der Waals surface area contributed by atoms with E-state index in [1.54, 1.807) is 0 Å². The van der Waals surface area contributed by atoms with Crippen molar-refractivity contribution in [3.8, 4) is 0 Å². The molecule has 94 valence electrons. The maximum atomic E-state index is 5.38. The van der Waals surface area contributed by atoms with Crippen LogP contribution in [0.3, 0.4) is 0 Å². The molecule has 1 N–H and O–H groups in total. The number of piperidine rings is 1. The van der Waals surface area contributed by atoms with E-state index < -0.39 is 0 Å². The van der Waals surface area contributed by atoms with E-state index in [0.29, 0.717) is 17.3 Å². The van der Waals surface area contributed by atoms with E-state index in [1.807, 2.05) is 0 Å². The molecule has 0 bridgehead atoms. The molecule has 3 rings (SSSR count). The van der Waals surface area contributed by atoms with Gasteiger partial charge in [0.1, 0.15) is 0 Å². The minimum absolute atomic E-state index is 0.371. The van der Waals surface area contributed by atoms with E-state index in [2.05, 4.69) is 29.3 Å². The molecule has 1 aliphatic heterocycles. The monoisotopic (exact) mass is 235 g/mol. The molecule has 2 fully saturated rings. The summed E-state index contributed by atoms with van der Waals surface area (Å²) >= 11 is 0. The van der Waals surface area contributed by atoms with Gasteiger partial charge in [0.25, 0.3) is 0 Å². The van der Waals surface area contributed by atoms with Crippen molar-refractivity contribution in [2.24, 2.45) is 11.3 Å². The second kappa shape index (κ2) is 4.09. The molecular weight excluding hydrogens is 214 g/mol. The zero-order valence-corrected chi connectivity index (χ0v) is 10.7. The number of nitrogens with zero attached hydrogens (tertiary/aromatic N) is 2. The van der Waals surface area contributed by atoms with Crippen LogP contribution in [0.4, 0.5) is 0 Å². The molecule has 1 saturated carbocycles. The van der Waals surface area contributed by atoms with E-state index in [9.17, 15) is 0 Å². The van der Waals surface area contributed by atoms with Gasteiger partial charge in [-0.2, -0.15) is 4.98 Å². The second-order valence-electron chi connectivity index (χ2n) is 6.21. The summed E-state index contributed by atoms with van der Waals surface area (Å²) in [6.45, 7) is 6.77. The summed E-state index contributed by atoms with van der Waals surface area (Å²) < 4.78 is 5.38. The zero-order chi connectivity index (χ0) is 11.9. The van der Waals surface area contributed by atoms with Crippen LogP contribution >= 0.6 is 0 Å². The molecule has 2 unspecified atom stereocenters. The molecule has 2 atom stereocenters. The first kappa shape index (κ1) is 11.2. The highest BCUT2D eigenvalue weighted by Gasteiger charge is 2.50. The lowest BCUT2D eigenvalue weighted by Gasteiger charge is -2.20. The highest BCUT2D eigenvalue weighted by Crippen LogP contribution is 2.57. The Bertz CT molecular complexity index is 393. The topological polar surface area (TPSA) is 51.0 Å². The van der Waals surface area contributed by atoms with Gasteiger partial charge < -0.3 is 9.84 Å². The van der Waals surface area contributed by atoms with Crippen molar-refractivity contribution in [2.45, 2.75) is 45.4 Å². The van der Waals surface area contributed by atoms with E-state index in [1.165, 1.54) is 19.3 Å². The van der Waals surface area contributed by atoms with E-state index in [0.717, 1.165) is 31.2 Å². The number of nitrogens with one attached hydrogen (secondary N) is 1. The third-order valence-electron chi connectivity index (χ3n) is 4.17. The van der Waals surface area contributed by atoms with E-state index >= 15 is 0 Å². The summed E-state index contributed by atoms with van der Waals surface area (Å²) in [5.41, 5.74) is 0.371. The minimum atomic E-state index is 0.371. The second-order valence-corrected chi connectivity index (χ2v) is 6.21. The fourth-order valence-corrected chi connectivity index (χ4v) is 2.74. The Morgan fingerprint density at radius 3 is 2.94 bits per heavy atom. The average molecular weight is 235 g/mol. The molecule has 1 aromatic rings. The van der Waals surface area contributed by atoms with Crippen LogP contribution in [0.1, 0.15) is 50.7 Å². The molecule has 17 heavy (non-hydrogen) atoms. The number of hydrogen-bond donors (Lipinski definition) is 1. The third-order valence-corrected chi connectivity index (χ3v) is 4.17. The summed E-state index contributed by atoms with van der Waals surface area (Å²) in [5, 5.41) is 7.55. The highest BCUT2D eigenvalue weighted by molar-refractivity contribution is 5.13. The molecule has 4 nitrogen and oxygen atoms in total. The average Bonchev–Trinajstić information content (AvgIpc) is 2.74. The van der Waals surface area contributed by atoms with Gasteiger partial charge in [-0.3, -0.25) is 0 Å². The van der Waals surface area contributed by atoms with Gasteiger partial charge in [-0.25, -0.2) is 0 Å². The van der Waals surface area contributed by atoms with Gasteiger partial charge in [-0.05, 0) is 43.7 Å². The SMILES string of the molecule is CC1(C)CC1c1nc(CC2CCCNC2)no1. The molecule has 2 aliphatic rings. The fraction of sp³-hybridized carbons (Fsp3) is 0.846. The van der Waals surface area contributed by atoms with Crippen LogP contribution in [-0.2, 0) is 6.42 Å². The van der Waals surface area contributed by atoms with Crippen LogP contribution in [-0.4, -0.2) is 23.2 Å². The van der Waals surface area contributed by atoms with Crippen molar-refractivity contribution in [1.82, 2.24) is 15.5 Å². The minimum Gasteiger partial charge on any atom is -0.339 e. The molecule has 0 amide bonds. The van der Waals surface area contributed by atoms with Gasteiger partial charge in [-0.1, -0.05) is 19.0 Å². The molecule has 2 heterocycles. The largest absolute Gasteiger partial charge is 0.339 e. The Kier molecular flexibility index (Phi) is 2.69. The van der Waals surface area contributed by atoms with Gasteiger partial charge in [0.05, 0.1) is 0 Å². The van der Waals surface area contributed by atoms with Gasteiger partial charge in [0.15, 0.2) is 5.82 Å². The van der Waals surface area contributed by atoms with Crippen LogP contribution < -0.4 is 5.32 Å². The van der Waals surface area contributed by atoms with Crippen molar-refractivity contribution >= 4 is 0 Å². The first-order valence-corrected chi connectivity index (χ1v) is 6.68. The Balaban J connectivity index is 1.61. The standard InChI is InChI=1S/C13H21N3O/c1-13(2)7-10(13)12-15-11(16-17-12)6-9-4-3-5-14-8-9/h9-10,14H,3-8H2,1-2H3. The van der Waals surface area contributed by atoms with E-state index in [4.69, 9.17) is 4.52 Å². The van der Waals surface area contributed by atoms with Crippen molar-refractivity contribution in [3.05, 3.63) is 11.7 Å². The Morgan fingerprint density at radius 1 is 1.47 bits per heavy atom. The molecule has 0 aromatic carbocycles. The molecule has 1 saturated heterocycles. The molecule has 0 spiro atoms. The van der Waals surface area contributed by atoms with Gasteiger partial charge in [0.2, 0.25) is 5.89 Å². The number of aromatic nitrogens is 2. The predicted molar refractivity (Wildman–Crippen MR) is 64.7 cm³/mol. The van der Waals surface area contributed by atoms with Crippen molar-refractivity contribution < 1.29 is 4.52 Å². The summed E-state index contributed by atoms with van der Waals surface area (Å²) in [4.78, 5) is 4.56. The van der Waals surface area contributed by atoms with Crippen LogP contribution in [0.25, 0.3) is 0 Å². The van der Waals surface area contributed by atoms with Crippen LogP contribution in [0.2, 0.25) is 0 Å². The lowest BCUT2D eigenvalue weighted by Crippen LogP contribution is -2.31. The summed E-state index contributed by atoms with van der Waals surface area (Å²) in [6.07, 6.45) is 4.69. The predicted octanol–water partition coefficient (Wildman–Crippen LogP) is 2.13. The maximum Gasteiger partial charge on any atom is 0.230 e. The summed E-state index contributed by atoms with van der Waals surface area (Å²) in [5.74, 6) is 2.93. The first-order valence-electron chi connectivity index (χ1n) is 6.68. The third kappa shape index (κ3) is 2.37. The Morgan fingerprint density at radius 2 is 2.29 bits per heavy atom. The summed E-state index contributed by atoms with van der Waals surface area (Å²) in [7, 11) is 0. The highest BCUT2D eigenvalue weighted by atomic mass is 16.5. The van der Waals surface area contributed by atoms with Crippen molar-refractivity contribution in [3.63, 3.8) is 0 Å². The summed E-state index contributed by atoms with van der Waals surface area (Å²) in [6, 6.07) is 0. The van der Waals surface area contributed by atoms with Crippen LogP contribution in [0.15, 0.2) is 4.52 Å². The molecule has 4 heteroatoms. The molecule has 1 aliphatic carbocycles. The maximum absolute atomic E-state index is 5.38. The lowest BCUT2D eigenvalue weighted by atomic mass is 9.96. The lowest BCUT2D eigenvalue weighted by molar-refractivity contribution is 0.345. The van der Waals surface area contributed by atoms with Crippen molar-refractivity contribution in [2.75, 3.05) is 13.1 Å². The van der Waals surface area contributed by atoms with Crippen LogP contribution in [0.5, 0.6) is 0 Å². The fourth-order valence-electron chi connectivity index (χ4n) is 2.74. The zero-order valence-electron chi connectivity index (χ0n) is 10.7. The van der Waals surface area contributed by atoms with E-state index in [-0.39, 0.29) is 0 Å². The van der Waals surface area contributed by atoms with Crippen molar-refractivity contribution in [1.29, 1.82) is 0 Å². The number of hydrogen-bond acceptors (Lipinski definition) is 4. The quantitative estimate of drug-likeness (QED) is 0.872. The van der Waals surface area contributed by atoms with Gasteiger partial charge in [-0.15, -0.1) is 0 Å². The Hall–Kier alpha value is -0.900. The normalized spacial score (nSPS) is 31.4. The van der Waals surface area contributed by atoms with Gasteiger partial charge >= 0.3 is 0 Å². The van der Waals surface area contributed by atoms with Gasteiger partial charge in [0, 0.05) is 12.3 Å². The van der Waals surface area contributed by atoms with Crippen LogP contribution in [0, 0.1) is 11.3 Å². The number of rotatable bonds is 3. The first-order chi connectivity index (χ1) is 8.15. The smallest absolute Gasteiger partial charge is 0.230 e. The Labute approximate surface area is 102 Å². The molecule has 0 radical (unpaired) electrons.